The third-order valence-electron chi connectivity index (χ3n) is 7.80. The lowest BCUT2D eigenvalue weighted by atomic mass is 9.69. The first-order valence-electron chi connectivity index (χ1n) is 12.5. The van der Waals surface area contributed by atoms with Crippen LogP contribution in [0.2, 0.25) is 0 Å². The van der Waals surface area contributed by atoms with E-state index in [4.69, 9.17) is 14.2 Å². The minimum Gasteiger partial charge on any atom is -0.508 e. The minimum absolute atomic E-state index is 0.0580. The van der Waals surface area contributed by atoms with Crippen LogP contribution < -0.4 is 9.47 Å². The van der Waals surface area contributed by atoms with Crippen LogP contribution in [-0.4, -0.2) is 50.5 Å². The second-order valence-electron chi connectivity index (χ2n) is 9.78. The van der Waals surface area contributed by atoms with E-state index >= 15 is 0 Å². The Balaban J connectivity index is 1.45. The van der Waals surface area contributed by atoms with E-state index in [9.17, 15) is 5.11 Å². The molecular weight excluding hydrogens is 438 g/mol. The van der Waals surface area contributed by atoms with E-state index in [0.717, 1.165) is 69.2 Å². The maximum atomic E-state index is 10.7. The highest BCUT2D eigenvalue weighted by molar-refractivity contribution is 5.51. The third-order valence-corrected chi connectivity index (χ3v) is 7.80. The molecule has 5 heteroatoms. The summed E-state index contributed by atoms with van der Waals surface area (Å²) >= 11 is 0. The van der Waals surface area contributed by atoms with Crippen LogP contribution in [0.5, 0.6) is 17.2 Å². The van der Waals surface area contributed by atoms with Gasteiger partial charge in [-0.1, -0.05) is 48.5 Å². The van der Waals surface area contributed by atoms with Gasteiger partial charge in [0.25, 0.3) is 0 Å². The van der Waals surface area contributed by atoms with Crippen molar-refractivity contribution >= 4 is 0 Å². The topological polar surface area (TPSA) is 51.2 Å². The number of benzene rings is 3. The van der Waals surface area contributed by atoms with E-state index in [0.29, 0.717) is 5.75 Å². The van der Waals surface area contributed by atoms with Gasteiger partial charge in [0.2, 0.25) is 0 Å². The summed E-state index contributed by atoms with van der Waals surface area (Å²) in [4.78, 5) is 2.58. The summed E-state index contributed by atoms with van der Waals surface area (Å²) in [5.74, 6) is 2.08. The predicted molar refractivity (Wildman–Crippen MR) is 138 cm³/mol. The molecule has 1 atom stereocenters. The SMILES string of the molecule is COc1cc2c(cc1OC)C1(CCOCC1)CN(CC[C@@H](c1ccccc1)c1ccccc1O)C2. The minimum atomic E-state index is 0.0580. The Morgan fingerprint density at radius 3 is 2.34 bits per heavy atom. The molecule has 0 saturated carbocycles. The number of methoxy groups -OCH3 is 2. The molecule has 0 aliphatic carbocycles. The molecule has 1 spiro atoms. The number of para-hydroxylation sites is 1. The first-order valence-corrected chi connectivity index (χ1v) is 12.5. The number of aromatic hydroxyl groups is 1. The zero-order valence-electron chi connectivity index (χ0n) is 20.7. The Morgan fingerprint density at radius 1 is 0.943 bits per heavy atom. The van der Waals surface area contributed by atoms with E-state index in [1.807, 2.05) is 18.2 Å². The Kier molecular flexibility index (Phi) is 6.98. The van der Waals surface area contributed by atoms with E-state index in [-0.39, 0.29) is 11.3 Å². The Labute approximate surface area is 208 Å². The fourth-order valence-corrected chi connectivity index (χ4v) is 5.98. The molecule has 35 heavy (non-hydrogen) atoms. The molecule has 0 amide bonds. The van der Waals surface area contributed by atoms with Crippen molar-refractivity contribution in [3.8, 4) is 17.2 Å². The summed E-state index contributed by atoms with van der Waals surface area (Å²) in [6.07, 6.45) is 2.94. The van der Waals surface area contributed by atoms with Gasteiger partial charge in [-0.15, -0.1) is 0 Å². The highest BCUT2D eigenvalue weighted by atomic mass is 16.5. The molecule has 1 fully saturated rings. The van der Waals surface area contributed by atoms with Gasteiger partial charge in [-0.3, -0.25) is 4.90 Å². The number of phenols is 1. The number of phenolic OH excluding ortho intramolecular Hbond substituents is 1. The molecule has 2 aliphatic heterocycles. The molecule has 0 unspecified atom stereocenters. The standard InChI is InChI=1S/C30H35NO4/c1-33-28-18-23-20-31(21-30(13-16-35-17-14-30)26(23)19-29(28)34-2)15-12-24(22-8-4-3-5-9-22)25-10-6-7-11-27(25)32/h3-11,18-19,24,32H,12-17,20-21H2,1-2H3/t24-/m0/s1. The monoisotopic (exact) mass is 473 g/mol. The molecular formula is C30H35NO4. The number of nitrogens with zero attached hydrogens (tertiary/aromatic N) is 1. The average molecular weight is 474 g/mol. The van der Waals surface area contributed by atoms with Gasteiger partial charge < -0.3 is 19.3 Å². The lowest BCUT2D eigenvalue weighted by Gasteiger charge is -2.47. The van der Waals surface area contributed by atoms with Gasteiger partial charge in [0.15, 0.2) is 11.5 Å². The second-order valence-corrected chi connectivity index (χ2v) is 9.78. The molecule has 3 aromatic carbocycles. The number of rotatable bonds is 7. The van der Waals surface area contributed by atoms with Gasteiger partial charge in [0.05, 0.1) is 14.2 Å². The zero-order chi connectivity index (χ0) is 24.3. The van der Waals surface area contributed by atoms with Gasteiger partial charge in [-0.2, -0.15) is 0 Å². The normalized spacial score (nSPS) is 18.1. The summed E-state index contributed by atoms with van der Waals surface area (Å²) in [5, 5.41) is 10.7. The molecule has 1 N–H and O–H groups in total. The Hall–Kier alpha value is -3.02. The number of ether oxygens (including phenoxy) is 3. The van der Waals surface area contributed by atoms with Gasteiger partial charge >= 0.3 is 0 Å². The van der Waals surface area contributed by atoms with Gasteiger partial charge in [0, 0.05) is 43.2 Å². The first kappa shape index (κ1) is 23.7. The highest BCUT2D eigenvalue weighted by Crippen LogP contribution is 2.45. The number of fused-ring (bicyclic) bond motifs is 2. The van der Waals surface area contributed by atoms with E-state index in [2.05, 4.69) is 47.4 Å². The van der Waals surface area contributed by atoms with Crippen molar-refractivity contribution in [2.75, 3.05) is 40.5 Å². The van der Waals surface area contributed by atoms with Crippen LogP contribution in [0.1, 0.15) is 47.4 Å². The van der Waals surface area contributed by atoms with Gasteiger partial charge in [-0.25, -0.2) is 0 Å². The van der Waals surface area contributed by atoms with Gasteiger partial charge in [-0.05, 0) is 60.7 Å². The third kappa shape index (κ3) is 4.75. The van der Waals surface area contributed by atoms with E-state index in [1.165, 1.54) is 16.7 Å². The summed E-state index contributed by atoms with van der Waals surface area (Å²) in [5.41, 5.74) is 4.98. The molecule has 1 saturated heterocycles. The van der Waals surface area contributed by atoms with Crippen molar-refractivity contribution in [1.29, 1.82) is 0 Å². The van der Waals surface area contributed by atoms with Crippen molar-refractivity contribution in [2.24, 2.45) is 0 Å². The molecule has 5 nitrogen and oxygen atoms in total. The molecule has 2 heterocycles. The first-order chi connectivity index (χ1) is 17.1. The highest BCUT2D eigenvalue weighted by Gasteiger charge is 2.41. The van der Waals surface area contributed by atoms with Crippen molar-refractivity contribution in [2.45, 2.75) is 37.1 Å². The van der Waals surface area contributed by atoms with Crippen LogP contribution in [0.25, 0.3) is 0 Å². The molecule has 184 valence electrons. The quantitative estimate of drug-likeness (QED) is 0.491. The van der Waals surface area contributed by atoms with Crippen molar-refractivity contribution in [3.63, 3.8) is 0 Å². The van der Waals surface area contributed by atoms with E-state index < -0.39 is 0 Å². The molecule has 2 aliphatic rings. The van der Waals surface area contributed by atoms with Crippen LogP contribution in [0.4, 0.5) is 0 Å². The molecule has 5 rings (SSSR count). The van der Waals surface area contributed by atoms with Crippen LogP contribution in [-0.2, 0) is 16.7 Å². The fourth-order valence-electron chi connectivity index (χ4n) is 5.98. The lowest BCUT2D eigenvalue weighted by Crippen LogP contribution is -2.49. The number of hydrogen-bond donors (Lipinski definition) is 1. The largest absolute Gasteiger partial charge is 0.508 e. The summed E-state index contributed by atoms with van der Waals surface area (Å²) in [6, 6.07) is 22.6. The second kappa shape index (κ2) is 10.3. The van der Waals surface area contributed by atoms with E-state index in [1.54, 1.807) is 20.3 Å². The molecule has 0 aromatic heterocycles. The van der Waals surface area contributed by atoms with Crippen molar-refractivity contribution < 1.29 is 19.3 Å². The maximum absolute atomic E-state index is 10.7. The van der Waals surface area contributed by atoms with Crippen molar-refractivity contribution in [3.05, 3.63) is 89.0 Å². The van der Waals surface area contributed by atoms with Crippen LogP contribution in [0.3, 0.4) is 0 Å². The predicted octanol–water partition coefficient (Wildman–Crippen LogP) is 5.50. The molecule has 3 aromatic rings. The summed E-state index contributed by atoms with van der Waals surface area (Å²) < 4.78 is 17.1. The Bertz CT molecular complexity index is 1140. The summed E-state index contributed by atoms with van der Waals surface area (Å²) in [6.45, 7) is 4.38. The van der Waals surface area contributed by atoms with Crippen LogP contribution >= 0.6 is 0 Å². The fraction of sp³-hybridized carbons (Fsp3) is 0.400. The summed E-state index contributed by atoms with van der Waals surface area (Å²) in [7, 11) is 3.41. The average Bonchev–Trinajstić information content (AvgIpc) is 2.90. The maximum Gasteiger partial charge on any atom is 0.161 e. The molecule has 0 bridgehead atoms. The smallest absolute Gasteiger partial charge is 0.161 e. The Morgan fingerprint density at radius 2 is 1.63 bits per heavy atom. The lowest BCUT2D eigenvalue weighted by molar-refractivity contribution is 0.0252. The van der Waals surface area contributed by atoms with Crippen molar-refractivity contribution in [1.82, 2.24) is 4.90 Å². The number of hydrogen-bond acceptors (Lipinski definition) is 5. The zero-order valence-corrected chi connectivity index (χ0v) is 20.7. The van der Waals surface area contributed by atoms with Crippen LogP contribution in [0, 0.1) is 0 Å². The molecule has 0 radical (unpaired) electrons. The van der Waals surface area contributed by atoms with Gasteiger partial charge in [0.1, 0.15) is 5.75 Å². The van der Waals surface area contributed by atoms with Crippen LogP contribution in [0.15, 0.2) is 66.7 Å².